The van der Waals surface area contributed by atoms with E-state index in [0.717, 1.165) is 12.0 Å². The van der Waals surface area contributed by atoms with Gasteiger partial charge in [-0.3, -0.25) is 28.9 Å². The lowest BCUT2D eigenvalue weighted by atomic mass is 9.93. The van der Waals surface area contributed by atoms with E-state index in [1.807, 2.05) is 70.0 Å². The summed E-state index contributed by atoms with van der Waals surface area (Å²) in [5, 5.41) is 8.28. The third-order valence-corrected chi connectivity index (χ3v) is 17.5. The number of carbonyl (C=O) groups is 5. The molecular formula is C45H73N5O8SSi. The van der Waals surface area contributed by atoms with Gasteiger partial charge < -0.3 is 29.4 Å². The largest absolute Gasteiger partial charge is 0.466 e. The number of likely N-dealkylation sites (N-methyl/N-ethyl adjacent to an activating group) is 2. The fourth-order valence-corrected chi connectivity index (χ4v) is 9.64. The number of esters is 2. The van der Waals surface area contributed by atoms with Crippen LogP contribution in [0.3, 0.4) is 0 Å². The van der Waals surface area contributed by atoms with Crippen LogP contribution in [0.1, 0.15) is 122 Å². The molecule has 13 nitrogen and oxygen atoms in total. The van der Waals surface area contributed by atoms with Gasteiger partial charge in [-0.25, -0.2) is 4.98 Å². The molecule has 60 heavy (non-hydrogen) atoms. The van der Waals surface area contributed by atoms with Gasteiger partial charge in [0, 0.05) is 50.5 Å². The summed E-state index contributed by atoms with van der Waals surface area (Å²) in [5.41, 5.74) is 1.17. The van der Waals surface area contributed by atoms with E-state index in [1.165, 1.54) is 18.3 Å². The zero-order chi connectivity index (χ0) is 45.1. The maximum atomic E-state index is 14.4. The molecule has 1 fully saturated rings. The van der Waals surface area contributed by atoms with Crippen LogP contribution in [0.2, 0.25) is 18.1 Å². The highest BCUT2D eigenvalue weighted by Gasteiger charge is 2.43. The van der Waals surface area contributed by atoms with Crippen molar-refractivity contribution in [2.45, 2.75) is 156 Å². The first-order valence-corrected chi connectivity index (χ1v) is 25.3. The molecule has 1 aromatic heterocycles. The fraction of sp³-hybridized carbons (Fsp3) is 0.689. The average molecular weight is 872 g/mol. The Morgan fingerprint density at radius 3 is 2.22 bits per heavy atom. The molecule has 2 N–H and O–H groups in total. The predicted octanol–water partition coefficient (Wildman–Crippen LogP) is 7.18. The van der Waals surface area contributed by atoms with Gasteiger partial charge >= 0.3 is 11.9 Å². The van der Waals surface area contributed by atoms with Gasteiger partial charge in [0.1, 0.15) is 16.7 Å². The molecule has 1 aromatic carbocycles. The number of hydrogen-bond donors (Lipinski definition) is 2. The molecular weight excluding hydrogens is 799 g/mol. The van der Waals surface area contributed by atoms with Gasteiger partial charge in [0.25, 0.3) is 5.91 Å². The summed E-state index contributed by atoms with van der Waals surface area (Å²) in [7, 11) is 1.62. The number of nitrogens with zero attached hydrogens (tertiary/aromatic N) is 3. The van der Waals surface area contributed by atoms with Crippen LogP contribution in [0.25, 0.3) is 0 Å². The number of carbonyl (C=O) groups excluding carboxylic acids is 5. The van der Waals surface area contributed by atoms with Gasteiger partial charge in [-0.1, -0.05) is 85.7 Å². The van der Waals surface area contributed by atoms with Gasteiger partial charge in [-0.15, -0.1) is 11.3 Å². The number of benzene rings is 1. The van der Waals surface area contributed by atoms with E-state index in [-0.39, 0.29) is 65.5 Å². The molecule has 2 heterocycles. The molecule has 0 spiro atoms. The molecule has 336 valence electrons. The molecule has 1 aliphatic heterocycles. The lowest BCUT2D eigenvalue weighted by Crippen LogP contribution is -2.59. The van der Waals surface area contributed by atoms with Crippen molar-refractivity contribution in [3.63, 3.8) is 0 Å². The number of nitrogens with one attached hydrogen (secondary N) is 2. The van der Waals surface area contributed by atoms with Crippen LogP contribution in [-0.4, -0.2) is 110 Å². The van der Waals surface area contributed by atoms with Gasteiger partial charge in [0.05, 0.1) is 18.6 Å². The molecule has 0 saturated carbocycles. The quantitative estimate of drug-likeness (QED) is 0.103. The molecule has 2 aromatic rings. The second-order valence-corrected chi connectivity index (χ2v) is 24.3. The van der Waals surface area contributed by atoms with Crippen LogP contribution in [-0.2, 0) is 39.5 Å². The number of piperidine rings is 1. The summed E-state index contributed by atoms with van der Waals surface area (Å²) in [6.45, 7) is 24.8. The lowest BCUT2D eigenvalue weighted by molar-refractivity contribution is -0.149. The van der Waals surface area contributed by atoms with Crippen LogP contribution in [0, 0.1) is 17.8 Å². The van der Waals surface area contributed by atoms with Crippen LogP contribution in [0.15, 0.2) is 35.7 Å². The van der Waals surface area contributed by atoms with E-state index in [0.29, 0.717) is 30.8 Å². The topological polar surface area (TPSA) is 156 Å². The molecule has 7 atom stereocenters. The van der Waals surface area contributed by atoms with Crippen molar-refractivity contribution >= 4 is 49.3 Å². The van der Waals surface area contributed by atoms with Crippen molar-refractivity contribution < 1.29 is 37.9 Å². The lowest BCUT2D eigenvalue weighted by Gasteiger charge is -2.43. The summed E-state index contributed by atoms with van der Waals surface area (Å²) in [6.07, 6.45) is 1.60. The maximum absolute atomic E-state index is 14.4. The highest BCUT2D eigenvalue weighted by molar-refractivity contribution is 7.09. The summed E-state index contributed by atoms with van der Waals surface area (Å²) in [4.78, 5) is 75.4. The minimum atomic E-state index is -2.05. The van der Waals surface area contributed by atoms with E-state index < -0.39 is 50.3 Å². The normalized spacial score (nSPS) is 18.9. The zero-order valence-electron chi connectivity index (χ0n) is 38.6. The monoisotopic (exact) mass is 871 g/mol. The summed E-state index contributed by atoms with van der Waals surface area (Å²) < 4.78 is 17.8. The summed E-state index contributed by atoms with van der Waals surface area (Å²) in [6, 6.07) is 7.69. The minimum Gasteiger partial charge on any atom is -0.466 e. The van der Waals surface area contributed by atoms with Gasteiger partial charge in [-0.2, -0.15) is 0 Å². The van der Waals surface area contributed by atoms with E-state index in [1.54, 1.807) is 31.2 Å². The summed E-state index contributed by atoms with van der Waals surface area (Å²) in [5.74, 6) is -2.42. The standard InChI is InChI=1S/C45H73N5O8SSi/c1-15-56-44(55)30(6)23-33(24-32-19-17-16-18-20-32)46-40(52)35-27-59-42(47-35)38(57-31(7)51)26-36(28(2)3)50(12)43(54)39(29(4)5)48-41(53)37-25-34(21-22-49(37)11)58-60(13,14)45(8,9)10/h16-20,27-30,33-34,36-39H,15,21-26H2,1-14H3,(H,46,52)(H,48,53)/t30-,33-,34+,36-,37?,38+,39-/m0/s1. The smallest absolute Gasteiger partial charge is 0.308 e. The molecule has 3 amide bonds. The Morgan fingerprint density at radius 2 is 1.65 bits per heavy atom. The SMILES string of the molecule is CCOC(=O)[C@@H](C)C[C@@H](Cc1ccccc1)NC(=O)c1csc([C@@H](C[C@@H](C(C)C)N(C)C(=O)[C@@H](NC(=O)C2C[C@H](O[Si](C)(C)C(C)(C)C)CCN2C)C(C)C)OC(C)=O)n1. The van der Waals surface area contributed by atoms with E-state index in [9.17, 15) is 24.0 Å². The Labute approximate surface area is 364 Å². The van der Waals surface area contributed by atoms with Crippen molar-refractivity contribution in [1.29, 1.82) is 0 Å². The first-order valence-electron chi connectivity index (χ1n) is 21.5. The molecule has 15 heteroatoms. The first-order chi connectivity index (χ1) is 27.9. The second kappa shape index (κ2) is 22.4. The summed E-state index contributed by atoms with van der Waals surface area (Å²) >= 11 is 1.20. The average Bonchev–Trinajstić information content (AvgIpc) is 3.66. The van der Waals surface area contributed by atoms with Crippen molar-refractivity contribution in [2.75, 3.05) is 27.2 Å². The maximum Gasteiger partial charge on any atom is 0.308 e. The highest BCUT2D eigenvalue weighted by atomic mass is 32.1. The first kappa shape index (κ1) is 50.7. The number of thiazole rings is 1. The van der Waals surface area contributed by atoms with Gasteiger partial charge in [0.2, 0.25) is 11.8 Å². The molecule has 0 aliphatic carbocycles. The zero-order valence-corrected chi connectivity index (χ0v) is 40.4. The molecule has 1 saturated heterocycles. The van der Waals surface area contributed by atoms with Crippen LogP contribution in [0.4, 0.5) is 0 Å². The highest BCUT2D eigenvalue weighted by Crippen LogP contribution is 2.39. The Kier molecular flexibility index (Phi) is 19.0. The third-order valence-electron chi connectivity index (χ3n) is 12.0. The number of hydrogen-bond acceptors (Lipinski definition) is 11. The number of likely N-dealkylation sites (tertiary alicyclic amines) is 1. The molecule has 0 radical (unpaired) electrons. The van der Waals surface area contributed by atoms with Crippen molar-refractivity contribution in [3.05, 3.63) is 52.0 Å². The Bertz CT molecular complexity index is 1730. The number of aromatic nitrogens is 1. The van der Waals surface area contributed by atoms with Crippen LogP contribution >= 0.6 is 11.3 Å². The Balaban J connectivity index is 1.79. The molecule has 3 rings (SSSR count). The number of amides is 3. The Hall–Kier alpha value is -3.66. The van der Waals surface area contributed by atoms with Gasteiger partial charge in [-0.05, 0) is 75.2 Å². The number of ether oxygens (including phenoxy) is 2. The molecule has 1 unspecified atom stereocenters. The minimum absolute atomic E-state index is 0.0366. The Morgan fingerprint density at radius 1 is 1.00 bits per heavy atom. The van der Waals surface area contributed by atoms with E-state index in [2.05, 4.69) is 49.5 Å². The third kappa shape index (κ3) is 14.5. The van der Waals surface area contributed by atoms with E-state index in [4.69, 9.17) is 13.9 Å². The molecule has 1 aliphatic rings. The van der Waals surface area contributed by atoms with Crippen LogP contribution in [0.5, 0.6) is 0 Å². The number of rotatable bonds is 20. The fourth-order valence-electron chi connectivity index (χ4n) is 7.40. The van der Waals surface area contributed by atoms with Gasteiger partial charge in [0.15, 0.2) is 14.4 Å². The van der Waals surface area contributed by atoms with Crippen molar-refractivity contribution in [2.24, 2.45) is 17.8 Å². The molecule has 0 bridgehead atoms. The second-order valence-electron chi connectivity index (χ2n) is 18.7. The van der Waals surface area contributed by atoms with Crippen molar-refractivity contribution in [3.8, 4) is 0 Å². The predicted molar refractivity (Wildman–Crippen MR) is 239 cm³/mol. The van der Waals surface area contributed by atoms with Crippen molar-refractivity contribution in [1.82, 2.24) is 25.4 Å². The van der Waals surface area contributed by atoms with E-state index >= 15 is 0 Å². The van der Waals surface area contributed by atoms with Crippen LogP contribution < -0.4 is 10.6 Å².